The Morgan fingerprint density at radius 1 is 1.11 bits per heavy atom. The number of carbonyl (C=O) groups is 2. The van der Waals surface area contributed by atoms with Crippen LogP contribution in [0.25, 0.3) is 0 Å². The number of piperidine rings is 1. The Morgan fingerprint density at radius 2 is 1.78 bits per heavy atom. The molecule has 6 heteroatoms. The van der Waals surface area contributed by atoms with Gasteiger partial charge in [-0.05, 0) is 63.8 Å². The molecule has 1 aliphatic heterocycles. The van der Waals surface area contributed by atoms with Crippen LogP contribution in [0, 0.1) is 0 Å². The minimum atomic E-state index is -0.834. The number of ether oxygens (including phenoxy) is 2. The molecule has 2 amide bonds. The van der Waals surface area contributed by atoms with Crippen molar-refractivity contribution in [3.05, 3.63) is 24.3 Å². The number of benzene rings is 1. The van der Waals surface area contributed by atoms with Gasteiger partial charge in [0.25, 0.3) is 11.8 Å². The average Bonchev–Trinajstić information content (AvgIpc) is 2.68. The summed E-state index contributed by atoms with van der Waals surface area (Å²) in [6.45, 7) is 7.92. The number of likely N-dealkylation sites (tertiary alicyclic amines) is 1. The van der Waals surface area contributed by atoms with E-state index >= 15 is 0 Å². The summed E-state index contributed by atoms with van der Waals surface area (Å²) in [5, 5.41) is 2.90. The lowest BCUT2D eigenvalue weighted by molar-refractivity contribution is -0.139. The van der Waals surface area contributed by atoms with E-state index in [1.165, 1.54) is 6.42 Å². The number of hydrogen-bond acceptors (Lipinski definition) is 4. The van der Waals surface area contributed by atoms with Crippen LogP contribution in [0.3, 0.4) is 0 Å². The topological polar surface area (TPSA) is 67.9 Å². The normalized spacial score (nSPS) is 16.5. The predicted octanol–water partition coefficient (Wildman–Crippen LogP) is 3.61. The fraction of sp³-hybridized carbons (Fsp3) is 0.619. The zero-order valence-electron chi connectivity index (χ0n) is 16.8. The standard InChI is InChI=1S/C21H32N2O4/c1-4-13-21(3,27-5-2)20(25)22-17-9-11-18(12-10-17)26-16-19(24)23-14-7-6-8-15-23/h9-12H,4-8,13-16H2,1-3H3,(H,22,25)/t21-/m0/s1. The van der Waals surface area contributed by atoms with Crippen molar-refractivity contribution in [2.45, 2.75) is 58.5 Å². The second-order valence-electron chi connectivity index (χ2n) is 7.12. The number of carbonyl (C=O) groups excluding carboxylic acids is 2. The molecular formula is C21H32N2O4. The highest BCUT2D eigenvalue weighted by Crippen LogP contribution is 2.22. The van der Waals surface area contributed by atoms with Gasteiger partial charge in [-0.2, -0.15) is 0 Å². The SMILES string of the molecule is CCC[C@](C)(OCC)C(=O)Nc1ccc(OCC(=O)N2CCCCC2)cc1. The van der Waals surface area contributed by atoms with Gasteiger partial charge in [0, 0.05) is 25.4 Å². The summed E-state index contributed by atoms with van der Waals surface area (Å²) in [5.74, 6) is 0.485. The van der Waals surface area contributed by atoms with E-state index in [9.17, 15) is 9.59 Å². The smallest absolute Gasteiger partial charge is 0.260 e. The van der Waals surface area contributed by atoms with E-state index in [0.717, 1.165) is 32.4 Å². The molecule has 6 nitrogen and oxygen atoms in total. The van der Waals surface area contributed by atoms with Crippen molar-refractivity contribution in [1.29, 1.82) is 0 Å². The van der Waals surface area contributed by atoms with E-state index < -0.39 is 5.60 Å². The quantitative estimate of drug-likeness (QED) is 0.715. The molecule has 27 heavy (non-hydrogen) atoms. The summed E-state index contributed by atoms with van der Waals surface area (Å²) in [6.07, 6.45) is 4.85. The number of rotatable bonds is 9. The molecular weight excluding hydrogens is 344 g/mol. The van der Waals surface area contributed by atoms with E-state index in [4.69, 9.17) is 9.47 Å². The monoisotopic (exact) mass is 376 g/mol. The van der Waals surface area contributed by atoms with Gasteiger partial charge < -0.3 is 19.7 Å². The van der Waals surface area contributed by atoms with Crippen molar-refractivity contribution in [2.75, 3.05) is 31.6 Å². The molecule has 1 saturated heterocycles. The van der Waals surface area contributed by atoms with Gasteiger partial charge >= 0.3 is 0 Å². The zero-order chi connectivity index (χ0) is 19.7. The molecule has 1 N–H and O–H groups in total. The molecule has 1 heterocycles. The summed E-state index contributed by atoms with van der Waals surface area (Å²) >= 11 is 0. The van der Waals surface area contributed by atoms with Gasteiger partial charge in [-0.15, -0.1) is 0 Å². The van der Waals surface area contributed by atoms with Gasteiger partial charge in [-0.25, -0.2) is 0 Å². The summed E-state index contributed by atoms with van der Waals surface area (Å²) in [6, 6.07) is 7.07. The number of amides is 2. The minimum absolute atomic E-state index is 0.0270. The Bertz CT molecular complexity index is 603. The second kappa shape index (κ2) is 10.3. The van der Waals surface area contributed by atoms with E-state index in [2.05, 4.69) is 5.32 Å². The van der Waals surface area contributed by atoms with Crippen LogP contribution in [-0.4, -0.2) is 48.6 Å². The Labute approximate surface area is 162 Å². The largest absolute Gasteiger partial charge is 0.484 e. The van der Waals surface area contributed by atoms with Crippen LogP contribution >= 0.6 is 0 Å². The molecule has 0 bridgehead atoms. The third kappa shape index (κ3) is 6.24. The molecule has 1 atom stereocenters. The highest BCUT2D eigenvalue weighted by atomic mass is 16.5. The third-order valence-electron chi connectivity index (χ3n) is 4.85. The van der Waals surface area contributed by atoms with Crippen molar-refractivity contribution < 1.29 is 19.1 Å². The van der Waals surface area contributed by atoms with Crippen molar-refractivity contribution in [3.63, 3.8) is 0 Å². The Hall–Kier alpha value is -2.08. The molecule has 0 aromatic heterocycles. The number of hydrogen-bond donors (Lipinski definition) is 1. The molecule has 0 aliphatic carbocycles. The van der Waals surface area contributed by atoms with Crippen LogP contribution < -0.4 is 10.1 Å². The molecule has 1 aromatic rings. The maximum atomic E-state index is 12.6. The van der Waals surface area contributed by atoms with Crippen LogP contribution in [0.15, 0.2) is 24.3 Å². The van der Waals surface area contributed by atoms with Crippen LogP contribution in [0.2, 0.25) is 0 Å². The van der Waals surface area contributed by atoms with Gasteiger partial charge in [0.1, 0.15) is 11.4 Å². The van der Waals surface area contributed by atoms with Crippen molar-refractivity contribution in [2.24, 2.45) is 0 Å². The van der Waals surface area contributed by atoms with Gasteiger partial charge in [-0.1, -0.05) is 13.3 Å². The first-order chi connectivity index (χ1) is 13.0. The number of nitrogens with one attached hydrogen (secondary N) is 1. The van der Waals surface area contributed by atoms with Gasteiger partial charge in [0.2, 0.25) is 0 Å². The average molecular weight is 376 g/mol. The number of anilines is 1. The van der Waals surface area contributed by atoms with Crippen LogP contribution in [0.4, 0.5) is 5.69 Å². The molecule has 1 aliphatic rings. The molecule has 2 rings (SSSR count). The highest BCUT2D eigenvalue weighted by Gasteiger charge is 2.32. The first-order valence-electron chi connectivity index (χ1n) is 9.94. The van der Waals surface area contributed by atoms with Crippen LogP contribution in [0.1, 0.15) is 52.9 Å². The van der Waals surface area contributed by atoms with Crippen LogP contribution in [0.5, 0.6) is 5.75 Å². The fourth-order valence-corrected chi connectivity index (χ4v) is 3.32. The summed E-state index contributed by atoms with van der Waals surface area (Å²) < 4.78 is 11.3. The summed E-state index contributed by atoms with van der Waals surface area (Å²) in [7, 11) is 0. The lowest BCUT2D eigenvalue weighted by atomic mass is 9.99. The maximum absolute atomic E-state index is 12.6. The van der Waals surface area contributed by atoms with Gasteiger partial charge in [-0.3, -0.25) is 9.59 Å². The highest BCUT2D eigenvalue weighted by molar-refractivity contribution is 5.97. The molecule has 0 unspecified atom stereocenters. The number of nitrogens with zero attached hydrogens (tertiary/aromatic N) is 1. The molecule has 0 radical (unpaired) electrons. The molecule has 1 fully saturated rings. The van der Waals surface area contributed by atoms with Crippen molar-refractivity contribution in [1.82, 2.24) is 4.90 Å². The van der Waals surface area contributed by atoms with Crippen molar-refractivity contribution in [3.8, 4) is 5.75 Å². The Balaban J connectivity index is 1.86. The fourth-order valence-electron chi connectivity index (χ4n) is 3.32. The summed E-state index contributed by atoms with van der Waals surface area (Å²) in [4.78, 5) is 26.6. The summed E-state index contributed by atoms with van der Waals surface area (Å²) in [5.41, 5.74) is -0.156. The van der Waals surface area contributed by atoms with Crippen molar-refractivity contribution >= 4 is 17.5 Å². The Kier molecular flexibility index (Phi) is 8.10. The van der Waals surface area contributed by atoms with E-state index in [1.54, 1.807) is 24.3 Å². The second-order valence-corrected chi connectivity index (χ2v) is 7.12. The predicted molar refractivity (Wildman–Crippen MR) is 106 cm³/mol. The molecule has 0 saturated carbocycles. The minimum Gasteiger partial charge on any atom is -0.484 e. The maximum Gasteiger partial charge on any atom is 0.260 e. The van der Waals surface area contributed by atoms with E-state index in [-0.39, 0.29) is 18.4 Å². The third-order valence-corrected chi connectivity index (χ3v) is 4.85. The Morgan fingerprint density at radius 3 is 2.37 bits per heavy atom. The molecule has 0 spiro atoms. The van der Waals surface area contributed by atoms with Gasteiger partial charge in [0.05, 0.1) is 0 Å². The van der Waals surface area contributed by atoms with Gasteiger partial charge in [0.15, 0.2) is 6.61 Å². The lowest BCUT2D eigenvalue weighted by Gasteiger charge is -2.28. The first kappa shape index (κ1) is 21.2. The lowest BCUT2D eigenvalue weighted by Crippen LogP contribution is -2.42. The van der Waals surface area contributed by atoms with Crippen LogP contribution in [-0.2, 0) is 14.3 Å². The van der Waals surface area contributed by atoms with E-state index in [1.807, 2.05) is 25.7 Å². The molecule has 150 valence electrons. The molecule has 1 aromatic carbocycles. The van der Waals surface area contributed by atoms with E-state index in [0.29, 0.717) is 24.5 Å². The first-order valence-corrected chi connectivity index (χ1v) is 9.94. The zero-order valence-corrected chi connectivity index (χ0v) is 16.8.